The van der Waals surface area contributed by atoms with Gasteiger partial charge in [0.05, 0.1) is 5.60 Å². The first-order valence-corrected chi connectivity index (χ1v) is 10.7. The normalized spacial score (nSPS) is 31.0. The molecule has 1 saturated heterocycles. The van der Waals surface area contributed by atoms with Gasteiger partial charge in [-0.2, -0.15) is 0 Å². The fourth-order valence-corrected chi connectivity index (χ4v) is 5.00. The summed E-state index contributed by atoms with van der Waals surface area (Å²) in [7, 11) is 0. The molecule has 146 valence electrons. The molecule has 0 unspecified atom stereocenters. The maximum Gasteiger partial charge on any atom is 0.0737 e. The molecule has 2 heteroatoms. The van der Waals surface area contributed by atoms with Gasteiger partial charge >= 0.3 is 0 Å². The second-order valence-corrected chi connectivity index (χ2v) is 8.22. The lowest BCUT2D eigenvalue weighted by Gasteiger charge is -2.53. The van der Waals surface area contributed by atoms with Gasteiger partial charge in [-0.1, -0.05) is 101 Å². The van der Waals surface area contributed by atoms with Gasteiger partial charge in [-0.25, -0.2) is 0 Å². The van der Waals surface area contributed by atoms with Gasteiger partial charge in [0.15, 0.2) is 0 Å². The smallest absolute Gasteiger partial charge is 0.0737 e. The van der Waals surface area contributed by atoms with Gasteiger partial charge < -0.3 is 10.4 Å². The average molecular weight is 366 g/mol. The minimum Gasteiger partial charge on any atom is -0.389 e. The molecule has 2 N–H and O–H groups in total. The van der Waals surface area contributed by atoms with E-state index in [0.717, 1.165) is 32.1 Å². The molecule has 0 aliphatic carbocycles. The molecule has 1 heterocycles. The molecule has 1 aliphatic rings. The third-order valence-corrected chi connectivity index (χ3v) is 6.54. The lowest BCUT2D eigenvalue weighted by Crippen LogP contribution is -2.58. The predicted octanol–water partition coefficient (Wildman–Crippen LogP) is 6.05. The summed E-state index contributed by atoms with van der Waals surface area (Å²) in [5.74, 6) is 0.398. The molecule has 2 aromatic carbocycles. The van der Waals surface area contributed by atoms with Crippen LogP contribution in [0.2, 0.25) is 0 Å². The summed E-state index contributed by atoms with van der Waals surface area (Å²) in [5, 5.41) is 16.0. The molecular weight excluding hydrogens is 330 g/mol. The maximum absolute atomic E-state index is 12.1. The molecule has 2 nitrogen and oxygen atoms in total. The van der Waals surface area contributed by atoms with E-state index in [1.54, 1.807) is 0 Å². The molecule has 0 saturated carbocycles. The second kappa shape index (κ2) is 9.03. The third-order valence-electron chi connectivity index (χ3n) is 6.54. The zero-order valence-corrected chi connectivity index (χ0v) is 17.1. The van der Waals surface area contributed by atoms with Crippen molar-refractivity contribution in [2.24, 2.45) is 11.8 Å². The minimum atomic E-state index is -0.654. The summed E-state index contributed by atoms with van der Waals surface area (Å²) >= 11 is 0. The SMILES string of the molecule is CCCC[C@@]1(O)[C@H](C)[C@H](c2ccccc2)N[C@H](c2ccccc2)[C@@H]1CCC. The number of piperidine rings is 1. The standard InChI is InChI=1S/C25H35NO/c1-4-6-18-25(27)19(3)23(20-14-9-7-10-15-20)26-24(22(25)13-5-2)21-16-11-8-12-17-21/h7-12,14-17,19,22-24,26-27H,4-6,13,18H2,1-3H3/t19-,22+,23-,24-,25-/m1/s1. The molecule has 0 bridgehead atoms. The van der Waals surface area contributed by atoms with E-state index < -0.39 is 5.60 Å². The Hall–Kier alpha value is -1.64. The highest BCUT2D eigenvalue weighted by Crippen LogP contribution is 2.50. The summed E-state index contributed by atoms with van der Waals surface area (Å²) in [4.78, 5) is 0. The van der Waals surface area contributed by atoms with Crippen LogP contribution in [-0.2, 0) is 0 Å². The van der Waals surface area contributed by atoms with Crippen LogP contribution in [0, 0.1) is 11.8 Å². The fourth-order valence-electron chi connectivity index (χ4n) is 5.00. The zero-order chi connectivity index (χ0) is 19.3. The molecule has 0 aromatic heterocycles. The predicted molar refractivity (Wildman–Crippen MR) is 114 cm³/mol. The number of benzene rings is 2. The van der Waals surface area contributed by atoms with Crippen molar-refractivity contribution in [1.29, 1.82) is 0 Å². The van der Waals surface area contributed by atoms with Crippen molar-refractivity contribution in [3.05, 3.63) is 71.8 Å². The highest BCUT2D eigenvalue weighted by Gasteiger charge is 2.51. The van der Waals surface area contributed by atoms with Crippen LogP contribution in [0.1, 0.15) is 76.1 Å². The topological polar surface area (TPSA) is 32.3 Å². The largest absolute Gasteiger partial charge is 0.389 e. The van der Waals surface area contributed by atoms with E-state index in [2.05, 4.69) is 86.8 Å². The van der Waals surface area contributed by atoms with E-state index >= 15 is 0 Å². The Morgan fingerprint density at radius 3 is 1.93 bits per heavy atom. The summed E-state index contributed by atoms with van der Waals surface area (Å²) in [5.41, 5.74) is 1.91. The minimum absolute atomic E-state index is 0.159. The first-order chi connectivity index (χ1) is 13.1. The molecule has 27 heavy (non-hydrogen) atoms. The molecule has 2 aromatic rings. The van der Waals surface area contributed by atoms with Crippen LogP contribution >= 0.6 is 0 Å². The fraction of sp³-hybridized carbons (Fsp3) is 0.520. The number of aliphatic hydroxyl groups is 1. The maximum atomic E-state index is 12.1. The van der Waals surface area contributed by atoms with Crippen LogP contribution in [0.3, 0.4) is 0 Å². The number of nitrogens with one attached hydrogen (secondary N) is 1. The van der Waals surface area contributed by atoms with Crippen LogP contribution in [0.4, 0.5) is 0 Å². The van der Waals surface area contributed by atoms with Gasteiger partial charge in [-0.3, -0.25) is 0 Å². The van der Waals surface area contributed by atoms with Crippen molar-refractivity contribution in [2.75, 3.05) is 0 Å². The molecule has 0 spiro atoms. The number of rotatable bonds is 7. The monoisotopic (exact) mass is 365 g/mol. The zero-order valence-electron chi connectivity index (χ0n) is 17.1. The highest BCUT2D eigenvalue weighted by molar-refractivity contribution is 5.28. The Morgan fingerprint density at radius 2 is 1.41 bits per heavy atom. The van der Waals surface area contributed by atoms with Crippen molar-refractivity contribution in [3.8, 4) is 0 Å². The Labute approximate surface area is 165 Å². The van der Waals surface area contributed by atoms with Gasteiger partial charge in [0, 0.05) is 23.9 Å². The summed E-state index contributed by atoms with van der Waals surface area (Å²) in [6.45, 7) is 6.69. The molecule has 0 amide bonds. The van der Waals surface area contributed by atoms with Crippen LogP contribution in [-0.4, -0.2) is 10.7 Å². The molecular formula is C25H35NO. The van der Waals surface area contributed by atoms with Gasteiger partial charge in [0.25, 0.3) is 0 Å². The Kier molecular flexibility index (Phi) is 6.73. The van der Waals surface area contributed by atoms with Crippen molar-refractivity contribution < 1.29 is 5.11 Å². The van der Waals surface area contributed by atoms with Crippen molar-refractivity contribution in [3.63, 3.8) is 0 Å². The van der Waals surface area contributed by atoms with Crippen LogP contribution in [0.15, 0.2) is 60.7 Å². The van der Waals surface area contributed by atoms with Crippen LogP contribution in [0.5, 0.6) is 0 Å². The summed E-state index contributed by atoms with van der Waals surface area (Å²) in [6.07, 6.45) is 5.20. The number of hydrogen-bond donors (Lipinski definition) is 2. The van der Waals surface area contributed by atoms with E-state index in [1.165, 1.54) is 11.1 Å². The van der Waals surface area contributed by atoms with E-state index in [-0.39, 0.29) is 23.9 Å². The lowest BCUT2D eigenvalue weighted by molar-refractivity contribution is -0.125. The number of unbranched alkanes of at least 4 members (excludes halogenated alkanes) is 1. The van der Waals surface area contributed by atoms with E-state index in [1.807, 2.05) is 0 Å². The van der Waals surface area contributed by atoms with E-state index in [4.69, 9.17) is 0 Å². The van der Waals surface area contributed by atoms with Crippen molar-refractivity contribution in [2.45, 2.75) is 70.6 Å². The van der Waals surface area contributed by atoms with Gasteiger partial charge in [0.1, 0.15) is 0 Å². The molecule has 1 aliphatic heterocycles. The lowest BCUT2D eigenvalue weighted by atomic mass is 9.62. The summed E-state index contributed by atoms with van der Waals surface area (Å²) < 4.78 is 0. The molecule has 3 rings (SSSR count). The van der Waals surface area contributed by atoms with Gasteiger partial charge in [-0.15, -0.1) is 0 Å². The molecule has 1 fully saturated rings. The highest BCUT2D eigenvalue weighted by atomic mass is 16.3. The first kappa shape index (κ1) is 20.1. The quantitative estimate of drug-likeness (QED) is 0.626. The van der Waals surface area contributed by atoms with Gasteiger partial charge in [0.2, 0.25) is 0 Å². The summed E-state index contributed by atoms with van der Waals surface area (Å²) in [6, 6.07) is 21.7. The van der Waals surface area contributed by atoms with Gasteiger partial charge in [-0.05, 0) is 24.0 Å². The van der Waals surface area contributed by atoms with E-state index in [9.17, 15) is 5.11 Å². The molecule has 0 radical (unpaired) electrons. The van der Waals surface area contributed by atoms with Crippen molar-refractivity contribution >= 4 is 0 Å². The van der Waals surface area contributed by atoms with Crippen molar-refractivity contribution in [1.82, 2.24) is 5.32 Å². The Bertz CT molecular complexity index is 686. The van der Waals surface area contributed by atoms with Crippen LogP contribution < -0.4 is 5.32 Å². The van der Waals surface area contributed by atoms with Crippen LogP contribution in [0.25, 0.3) is 0 Å². The third kappa shape index (κ3) is 4.12. The molecule has 5 atom stereocenters. The Morgan fingerprint density at radius 1 is 0.852 bits per heavy atom. The number of hydrogen-bond acceptors (Lipinski definition) is 2. The second-order valence-electron chi connectivity index (χ2n) is 8.22. The average Bonchev–Trinajstić information content (AvgIpc) is 2.72. The first-order valence-electron chi connectivity index (χ1n) is 10.7. The Balaban J connectivity index is 2.05. The van der Waals surface area contributed by atoms with E-state index in [0.29, 0.717) is 0 Å².